The van der Waals surface area contributed by atoms with Crippen molar-refractivity contribution in [2.45, 2.75) is 49.9 Å². The lowest BCUT2D eigenvalue weighted by Crippen LogP contribution is -2.46. The number of carbonyl (C=O) groups is 1. The molecule has 3 aliphatic rings. The maximum Gasteiger partial charge on any atom is 0.279 e. The highest BCUT2D eigenvalue weighted by Crippen LogP contribution is 2.46. The number of hydrogen-bond donors (Lipinski definition) is 2. The van der Waals surface area contributed by atoms with Gasteiger partial charge in [0.1, 0.15) is 5.82 Å². The molecule has 2 aromatic heterocycles. The van der Waals surface area contributed by atoms with Crippen molar-refractivity contribution in [3.8, 4) is 0 Å². The number of nitrogens with one attached hydrogen (secondary N) is 2. The van der Waals surface area contributed by atoms with E-state index in [4.69, 9.17) is 4.98 Å². The van der Waals surface area contributed by atoms with Gasteiger partial charge in [-0.15, -0.1) is 0 Å². The highest BCUT2D eigenvalue weighted by molar-refractivity contribution is 5.92. The van der Waals surface area contributed by atoms with Gasteiger partial charge in [-0.2, -0.15) is 0 Å². The molecule has 3 heterocycles. The molecule has 1 saturated carbocycles. The molecule has 1 saturated heterocycles. The van der Waals surface area contributed by atoms with Crippen molar-refractivity contribution < 1.29 is 4.79 Å². The number of rotatable bonds is 2. The normalized spacial score (nSPS) is 20.7. The van der Waals surface area contributed by atoms with Crippen LogP contribution in [0.25, 0.3) is 0 Å². The highest BCUT2D eigenvalue weighted by Gasteiger charge is 2.45. The summed E-state index contributed by atoms with van der Waals surface area (Å²) in [5.74, 6) is 0.902. The van der Waals surface area contributed by atoms with Crippen molar-refractivity contribution in [3.63, 3.8) is 0 Å². The van der Waals surface area contributed by atoms with Crippen molar-refractivity contribution in [2.24, 2.45) is 0 Å². The van der Waals surface area contributed by atoms with Crippen LogP contribution in [0.15, 0.2) is 22.0 Å². The molecule has 0 aromatic carbocycles. The molecular formula is C19H21N5O3. The topological polar surface area (TPSA) is 112 Å². The first-order valence-corrected chi connectivity index (χ1v) is 9.54. The largest absolute Gasteiger partial charge is 0.337 e. The molecule has 0 atom stereocenters. The van der Waals surface area contributed by atoms with Gasteiger partial charge in [-0.05, 0) is 38.5 Å². The molecule has 1 amide bonds. The second kappa shape index (κ2) is 5.87. The number of likely N-dealkylation sites (tertiary alicyclic amines) is 1. The van der Waals surface area contributed by atoms with E-state index in [0.29, 0.717) is 19.0 Å². The number of aromatic amines is 2. The van der Waals surface area contributed by atoms with E-state index < -0.39 is 5.56 Å². The van der Waals surface area contributed by atoms with Crippen molar-refractivity contribution in [1.29, 1.82) is 0 Å². The molecule has 1 spiro atoms. The molecule has 0 unspecified atom stereocenters. The van der Waals surface area contributed by atoms with E-state index in [1.165, 1.54) is 12.4 Å². The van der Waals surface area contributed by atoms with E-state index in [-0.39, 0.29) is 22.6 Å². The van der Waals surface area contributed by atoms with Crippen LogP contribution in [0.2, 0.25) is 0 Å². The molecule has 8 heteroatoms. The number of H-pyrrole nitrogens is 2. The van der Waals surface area contributed by atoms with Crippen LogP contribution in [0.5, 0.6) is 0 Å². The smallest absolute Gasteiger partial charge is 0.279 e. The minimum Gasteiger partial charge on any atom is -0.337 e. The van der Waals surface area contributed by atoms with E-state index >= 15 is 0 Å². The Labute approximate surface area is 155 Å². The van der Waals surface area contributed by atoms with Gasteiger partial charge >= 0.3 is 0 Å². The Kier molecular flexibility index (Phi) is 3.57. The van der Waals surface area contributed by atoms with Gasteiger partial charge in [-0.3, -0.25) is 14.4 Å². The number of hydrogen-bond acceptors (Lipinski definition) is 5. The fourth-order valence-corrected chi connectivity index (χ4v) is 4.50. The predicted octanol–water partition coefficient (Wildman–Crippen LogP) is 0.851. The zero-order valence-electron chi connectivity index (χ0n) is 15.0. The van der Waals surface area contributed by atoms with Gasteiger partial charge in [-0.25, -0.2) is 9.97 Å². The van der Waals surface area contributed by atoms with E-state index in [1.807, 2.05) is 0 Å². The fourth-order valence-electron chi connectivity index (χ4n) is 4.50. The van der Waals surface area contributed by atoms with Crippen LogP contribution >= 0.6 is 0 Å². The van der Waals surface area contributed by atoms with E-state index in [1.54, 1.807) is 4.90 Å². The summed E-state index contributed by atoms with van der Waals surface area (Å²) in [7, 11) is 0. The van der Waals surface area contributed by atoms with Crippen molar-refractivity contribution in [3.05, 3.63) is 55.9 Å². The summed E-state index contributed by atoms with van der Waals surface area (Å²) in [6.45, 7) is 1.09. The van der Waals surface area contributed by atoms with E-state index in [2.05, 4.69) is 15.0 Å². The molecule has 2 N–H and O–H groups in total. The van der Waals surface area contributed by atoms with Crippen LogP contribution in [0, 0.1) is 0 Å². The molecule has 27 heavy (non-hydrogen) atoms. The Morgan fingerprint density at radius 1 is 1.15 bits per heavy atom. The number of nitrogens with zero attached hydrogens (tertiary/aromatic N) is 3. The standard InChI is InChI=1S/C19H21N5O3/c25-16-12-3-4-19(14(12)22-15(23-16)11-1-2-11)5-9-24(10-6-19)18(27)13-17(26)21-8-7-20-13/h7-8,11H,1-6,9-10H2,(H,21,26)(H,22,23,25). The highest BCUT2D eigenvalue weighted by atomic mass is 16.2. The first kappa shape index (κ1) is 16.4. The minimum absolute atomic E-state index is 0.0114. The van der Waals surface area contributed by atoms with Crippen LogP contribution in [0.4, 0.5) is 0 Å². The monoisotopic (exact) mass is 367 g/mol. The summed E-state index contributed by atoms with van der Waals surface area (Å²) < 4.78 is 0. The summed E-state index contributed by atoms with van der Waals surface area (Å²) in [4.78, 5) is 52.9. The second-order valence-electron chi connectivity index (χ2n) is 7.89. The Morgan fingerprint density at radius 3 is 2.63 bits per heavy atom. The third-order valence-corrected chi connectivity index (χ3v) is 6.27. The summed E-state index contributed by atoms with van der Waals surface area (Å²) in [5, 5.41) is 0. The molecule has 2 aromatic rings. The Morgan fingerprint density at radius 2 is 1.93 bits per heavy atom. The third-order valence-electron chi connectivity index (χ3n) is 6.27. The lowest BCUT2D eigenvalue weighted by molar-refractivity contribution is 0.0655. The number of carbonyl (C=O) groups excluding carboxylic acids is 1. The predicted molar refractivity (Wildman–Crippen MR) is 96.8 cm³/mol. The van der Waals surface area contributed by atoms with Gasteiger partial charge in [0.15, 0.2) is 5.69 Å². The molecule has 0 radical (unpaired) electrons. The Bertz CT molecular complexity index is 1030. The van der Waals surface area contributed by atoms with Gasteiger partial charge < -0.3 is 14.9 Å². The number of fused-ring (bicyclic) bond motifs is 2. The Balaban J connectivity index is 1.40. The van der Waals surface area contributed by atoms with Gasteiger partial charge in [0.05, 0.1) is 5.69 Å². The first-order valence-electron chi connectivity index (χ1n) is 9.54. The first-order chi connectivity index (χ1) is 13.1. The maximum atomic E-state index is 12.6. The summed E-state index contributed by atoms with van der Waals surface area (Å²) in [6, 6.07) is 0. The molecule has 0 bridgehead atoms. The lowest BCUT2D eigenvalue weighted by atomic mass is 9.76. The van der Waals surface area contributed by atoms with Crippen LogP contribution < -0.4 is 11.1 Å². The fraction of sp³-hybridized carbons (Fsp3) is 0.526. The molecular weight excluding hydrogens is 346 g/mol. The molecule has 140 valence electrons. The third kappa shape index (κ3) is 2.62. The quantitative estimate of drug-likeness (QED) is 0.817. The average molecular weight is 367 g/mol. The minimum atomic E-state index is -0.462. The summed E-state index contributed by atoms with van der Waals surface area (Å²) in [5.41, 5.74) is 1.14. The van der Waals surface area contributed by atoms with Crippen LogP contribution in [0.1, 0.15) is 65.6 Å². The van der Waals surface area contributed by atoms with Crippen LogP contribution in [-0.4, -0.2) is 43.8 Å². The molecule has 1 aliphatic heterocycles. The van der Waals surface area contributed by atoms with Crippen LogP contribution in [0.3, 0.4) is 0 Å². The summed E-state index contributed by atoms with van der Waals surface area (Å²) in [6.07, 6.45) is 8.19. The molecule has 8 nitrogen and oxygen atoms in total. The molecule has 5 rings (SSSR count). The van der Waals surface area contributed by atoms with Gasteiger partial charge in [0.25, 0.3) is 17.0 Å². The van der Waals surface area contributed by atoms with Gasteiger partial charge in [0.2, 0.25) is 0 Å². The second-order valence-corrected chi connectivity index (χ2v) is 7.89. The maximum absolute atomic E-state index is 12.6. The molecule has 2 aliphatic carbocycles. The molecule has 2 fully saturated rings. The SMILES string of the molecule is O=C(c1ncc[nH]c1=O)N1CCC2(CCc3c2nc(C2CC2)[nH]c3=O)CC1. The Hall–Kier alpha value is -2.77. The number of piperidine rings is 1. The number of amides is 1. The lowest BCUT2D eigenvalue weighted by Gasteiger charge is -2.39. The van der Waals surface area contributed by atoms with Gasteiger partial charge in [-0.1, -0.05) is 0 Å². The van der Waals surface area contributed by atoms with Crippen LogP contribution in [-0.2, 0) is 11.8 Å². The van der Waals surface area contributed by atoms with Crippen molar-refractivity contribution in [1.82, 2.24) is 24.8 Å². The van der Waals surface area contributed by atoms with E-state index in [0.717, 1.165) is 55.6 Å². The zero-order valence-corrected chi connectivity index (χ0v) is 15.0. The average Bonchev–Trinajstić information content (AvgIpc) is 3.47. The zero-order chi connectivity index (χ0) is 18.6. The van der Waals surface area contributed by atoms with Crippen molar-refractivity contribution in [2.75, 3.05) is 13.1 Å². The van der Waals surface area contributed by atoms with Gasteiger partial charge in [0, 0.05) is 42.4 Å². The van der Waals surface area contributed by atoms with Crippen molar-refractivity contribution >= 4 is 5.91 Å². The van der Waals surface area contributed by atoms with E-state index in [9.17, 15) is 14.4 Å². The number of aromatic nitrogens is 4. The summed E-state index contributed by atoms with van der Waals surface area (Å²) >= 11 is 0.